The largest absolute Gasteiger partial charge is 0.493 e. The molecule has 0 aromatic heterocycles. The van der Waals surface area contributed by atoms with Crippen molar-refractivity contribution in [1.29, 1.82) is 0 Å². The molecule has 0 fully saturated rings. The molecule has 31 heavy (non-hydrogen) atoms. The fraction of sp³-hybridized carbons (Fsp3) is 0.417. The lowest BCUT2D eigenvalue weighted by molar-refractivity contribution is 0.0917. The van der Waals surface area contributed by atoms with Crippen LogP contribution in [0, 0.1) is 6.92 Å². The second kappa shape index (κ2) is 11.2. The summed E-state index contributed by atoms with van der Waals surface area (Å²) in [6.07, 6.45) is 0.979. The van der Waals surface area contributed by atoms with Crippen LogP contribution in [0.2, 0.25) is 0 Å². The van der Waals surface area contributed by atoms with Crippen LogP contribution in [0.5, 0.6) is 28.7 Å². The van der Waals surface area contributed by atoms with Gasteiger partial charge in [0, 0.05) is 24.0 Å². The van der Waals surface area contributed by atoms with Gasteiger partial charge in [0.15, 0.2) is 34.6 Å². The Morgan fingerprint density at radius 2 is 1.16 bits per heavy atom. The molecule has 0 aliphatic rings. The molecule has 0 bridgehead atoms. The number of benzene rings is 2. The first-order chi connectivity index (χ1) is 14.9. The van der Waals surface area contributed by atoms with Gasteiger partial charge in [0.05, 0.1) is 35.0 Å². The Morgan fingerprint density at radius 3 is 1.58 bits per heavy atom. The van der Waals surface area contributed by atoms with E-state index in [4.69, 9.17) is 23.7 Å². The minimum atomic E-state index is -0.195. The van der Waals surface area contributed by atoms with E-state index >= 15 is 0 Å². The van der Waals surface area contributed by atoms with Gasteiger partial charge in [-0.3, -0.25) is 9.59 Å². The highest BCUT2D eigenvalue weighted by Gasteiger charge is 2.19. The van der Waals surface area contributed by atoms with Crippen LogP contribution in [0.25, 0.3) is 0 Å². The zero-order valence-corrected chi connectivity index (χ0v) is 19.0. The maximum Gasteiger partial charge on any atom is 0.203 e. The van der Waals surface area contributed by atoms with E-state index in [1.165, 1.54) is 28.4 Å². The van der Waals surface area contributed by atoms with Gasteiger partial charge in [0.2, 0.25) is 5.75 Å². The first-order valence-electron chi connectivity index (χ1n) is 10.1. The van der Waals surface area contributed by atoms with Crippen molar-refractivity contribution in [2.24, 2.45) is 0 Å². The van der Waals surface area contributed by atoms with Crippen LogP contribution in [0.1, 0.15) is 52.5 Å². The van der Waals surface area contributed by atoms with Crippen molar-refractivity contribution in [2.75, 3.05) is 35.0 Å². The zero-order valence-electron chi connectivity index (χ0n) is 19.0. The topological polar surface area (TPSA) is 80.3 Å². The second-order valence-corrected chi connectivity index (χ2v) is 6.93. The van der Waals surface area contributed by atoms with E-state index in [0.29, 0.717) is 46.5 Å². The summed E-state index contributed by atoms with van der Waals surface area (Å²) in [6, 6.07) is 6.59. The molecule has 168 valence electrons. The average Bonchev–Trinajstić information content (AvgIpc) is 2.79. The van der Waals surface area contributed by atoms with Crippen LogP contribution in [-0.2, 0) is 0 Å². The molecule has 0 atom stereocenters. The summed E-state index contributed by atoms with van der Waals surface area (Å²) < 4.78 is 27.0. The Labute approximate surface area is 183 Å². The lowest BCUT2D eigenvalue weighted by Gasteiger charge is -2.15. The van der Waals surface area contributed by atoms with Crippen LogP contribution in [0.4, 0.5) is 0 Å². The van der Waals surface area contributed by atoms with Crippen molar-refractivity contribution >= 4 is 11.6 Å². The summed E-state index contributed by atoms with van der Waals surface area (Å²) in [5.74, 6) is 1.98. The summed E-state index contributed by atoms with van der Waals surface area (Å²) >= 11 is 0. The van der Waals surface area contributed by atoms with E-state index in [0.717, 1.165) is 12.0 Å². The number of rotatable bonds is 12. The van der Waals surface area contributed by atoms with E-state index in [1.807, 2.05) is 13.8 Å². The van der Waals surface area contributed by atoms with E-state index in [9.17, 15) is 9.59 Å². The maximum absolute atomic E-state index is 12.8. The number of ether oxygens (including phenoxy) is 5. The van der Waals surface area contributed by atoms with Gasteiger partial charge in [0.25, 0.3) is 0 Å². The number of carbonyl (C=O) groups is 2. The standard InChI is InChI=1S/C24H30O7/c1-7-10-31-23-15(2)11-16(12-20(23)27-3)18(25)8-9-19(26)17-13-21(28-4)24(30-6)22(14-17)29-5/h11-14H,7-10H2,1-6H3. The average molecular weight is 430 g/mol. The first kappa shape index (κ1) is 24.1. The molecule has 0 aliphatic carbocycles. The van der Waals surface area contributed by atoms with Gasteiger partial charge < -0.3 is 23.7 Å². The highest BCUT2D eigenvalue weighted by Crippen LogP contribution is 2.38. The summed E-state index contributed by atoms with van der Waals surface area (Å²) in [4.78, 5) is 25.5. The minimum absolute atomic E-state index is 0.0485. The number of aryl methyl sites for hydroxylation is 1. The van der Waals surface area contributed by atoms with Gasteiger partial charge in [-0.15, -0.1) is 0 Å². The van der Waals surface area contributed by atoms with Crippen LogP contribution >= 0.6 is 0 Å². The van der Waals surface area contributed by atoms with Crippen LogP contribution in [0.15, 0.2) is 24.3 Å². The van der Waals surface area contributed by atoms with Crippen molar-refractivity contribution in [1.82, 2.24) is 0 Å². The number of ketones is 2. The van der Waals surface area contributed by atoms with E-state index < -0.39 is 0 Å². The lowest BCUT2D eigenvalue weighted by Crippen LogP contribution is -2.08. The Balaban J connectivity index is 2.17. The molecule has 7 nitrogen and oxygen atoms in total. The molecule has 0 heterocycles. The SMILES string of the molecule is CCCOc1c(C)cc(C(=O)CCC(=O)c2cc(OC)c(OC)c(OC)c2)cc1OC. The molecule has 0 unspecified atom stereocenters. The zero-order chi connectivity index (χ0) is 23.0. The normalized spacial score (nSPS) is 10.4. The maximum atomic E-state index is 12.8. The van der Waals surface area contributed by atoms with Gasteiger partial charge in [-0.1, -0.05) is 6.92 Å². The molecular formula is C24H30O7. The summed E-state index contributed by atoms with van der Waals surface area (Å²) in [5, 5.41) is 0. The quantitative estimate of drug-likeness (QED) is 0.453. The van der Waals surface area contributed by atoms with E-state index in [-0.39, 0.29) is 24.4 Å². The molecule has 0 radical (unpaired) electrons. The Bertz CT molecular complexity index is 909. The van der Waals surface area contributed by atoms with E-state index in [1.54, 1.807) is 24.3 Å². The number of Topliss-reactive ketones (excluding diaryl/α,β-unsaturated/α-hetero) is 2. The lowest BCUT2D eigenvalue weighted by atomic mass is 9.99. The molecule has 2 aromatic rings. The molecule has 7 heteroatoms. The molecule has 0 saturated carbocycles. The monoisotopic (exact) mass is 430 g/mol. The number of hydrogen-bond acceptors (Lipinski definition) is 7. The number of methoxy groups -OCH3 is 4. The highest BCUT2D eigenvalue weighted by molar-refractivity contribution is 6.03. The highest BCUT2D eigenvalue weighted by atomic mass is 16.5. The fourth-order valence-corrected chi connectivity index (χ4v) is 3.20. The van der Waals surface area contributed by atoms with Gasteiger partial charge in [-0.05, 0) is 43.2 Å². The van der Waals surface area contributed by atoms with Crippen LogP contribution in [-0.4, -0.2) is 46.6 Å². The van der Waals surface area contributed by atoms with Gasteiger partial charge in [-0.25, -0.2) is 0 Å². The second-order valence-electron chi connectivity index (χ2n) is 6.93. The molecule has 2 aromatic carbocycles. The van der Waals surface area contributed by atoms with E-state index in [2.05, 4.69) is 0 Å². The smallest absolute Gasteiger partial charge is 0.203 e. The van der Waals surface area contributed by atoms with Gasteiger partial charge >= 0.3 is 0 Å². The Kier molecular flexibility index (Phi) is 8.73. The summed E-state index contributed by atoms with van der Waals surface area (Å²) in [6.45, 7) is 4.45. The number of hydrogen-bond donors (Lipinski definition) is 0. The third-order valence-electron chi connectivity index (χ3n) is 4.80. The Hall–Kier alpha value is -3.22. The molecular weight excluding hydrogens is 400 g/mol. The van der Waals surface area contributed by atoms with Gasteiger partial charge in [-0.2, -0.15) is 0 Å². The van der Waals surface area contributed by atoms with Crippen LogP contribution < -0.4 is 23.7 Å². The molecule has 0 saturated heterocycles. The summed E-state index contributed by atoms with van der Waals surface area (Å²) in [7, 11) is 6.00. The molecule has 0 aliphatic heterocycles. The Morgan fingerprint density at radius 1 is 0.710 bits per heavy atom. The predicted octanol–water partition coefficient (Wildman–Crippen LogP) is 4.66. The number of carbonyl (C=O) groups excluding carboxylic acids is 2. The van der Waals surface area contributed by atoms with Crippen molar-refractivity contribution in [2.45, 2.75) is 33.1 Å². The fourth-order valence-electron chi connectivity index (χ4n) is 3.20. The molecule has 0 amide bonds. The van der Waals surface area contributed by atoms with Gasteiger partial charge in [0.1, 0.15) is 0 Å². The van der Waals surface area contributed by atoms with Crippen molar-refractivity contribution in [3.8, 4) is 28.7 Å². The molecule has 0 spiro atoms. The predicted molar refractivity (Wildman–Crippen MR) is 118 cm³/mol. The van der Waals surface area contributed by atoms with Crippen molar-refractivity contribution in [3.05, 3.63) is 41.0 Å². The van der Waals surface area contributed by atoms with Crippen molar-refractivity contribution in [3.63, 3.8) is 0 Å². The molecule has 0 N–H and O–H groups in total. The van der Waals surface area contributed by atoms with Crippen molar-refractivity contribution < 1.29 is 33.3 Å². The third-order valence-corrected chi connectivity index (χ3v) is 4.80. The summed E-state index contributed by atoms with van der Waals surface area (Å²) in [5.41, 5.74) is 1.68. The van der Waals surface area contributed by atoms with Crippen LogP contribution in [0.3, 0.4) is 0 Å². The molecule has 2 rings (SSSR count). The third kappa shape index (κ3) is 5.69. The first-order valence-corrected chi connectivity index (χ1v) is 10.1. The minimum Gasteiger partial charge on any atom is -0.493 e.